The zero-order valence-corrected chi connectivity index (χ0v) is 23.1. The van der Waals surface area contributed by atoms with Crippen LogP contribution in [0.2, 0.25) is 5.21 Å². The van der Waals surface area contributed by atoms with Gasteiger partial charge < -0.3 is 19.8 Å². The molecular formula is C28H38B2N4O3. The highest BCUT2D eigenvalue weighted by Crippen LogP contribution is 2.33. The number of aromatic amines is 1. The van der Waals surface area contributed by atoms with Crippen molar-refractivity contribution in [2.45, 2.75) is 45.4 Å². The number of H-pyrrole nitrogens is 1. The van der Waals surface area contributed by atoms with Gasteiger partial charge in [0, 0.05) is 37.4 Å². The van der Waals surface area contributed by atoms with Gasteiger partial charge in [0.2, 0.25) is 11.8 Å². The van der Waals surface area contributed by atoms with Gasteiger partial charge in [0.25, 0.3) is 5.56 Å². The topological polar surface area (TPSA) is 87.2 Å². The summed E-state index contributed by atoms with van der Waals surface area (Å²) < 4.78 is 1.61. The third-order valence-electron chi connectivity index (χ3n) is 6.96. The lowest BCUT2D eigenvalue weighted by Crippen LogP contribution is -2.35. The standard InChI is InChI=1S/C28H38B2N4O3/c1-18(2)15-20-9-6-10-21-16-22(31-25(20)21)17-34-14-8-11-23(27(34)37)32-26(36)19(3)28(29,30)13-7-12-24(35)33(4)5/h6-12,14,16,18-19,31H,13,15,17,29-30H2,1-5H3,(H,32,36)/b12-7+. The number of rotatable bonds is 10. The SMILES string of the molecule is BC(B)(C/C=C/C(=O)N(C)C)C(C)C(=O)Nc1cccn(Cc2cc3cccc(CC(C)C)c3[nH]2)c1=O. The number of aromatic nitrogens is 2. The molecule has 0 radical (unpaired) electrons. The highest BCUT2D eigenvalue weighted by atomic mass is 16.2. The molecule has 2 heterocycles. The van der Waals surface area contributed by atoms with E-state index in [1.54, 1.807) is 43.1 Å². The first-order chi connectivity index (χ1) is 17.4. The molecule has 0 aliphatic carbocycles. The molecule has 1 atom stereocenters. The summed E-state index contributed by atoms with van der Waals surface area (Å²) in [5.41, 5.74) is 3.32. The Bertz CT molecular complexity index is 1350. The monoisotopic (exact) mass is 500 g/mol. The molecule has 0 aliphatic rings. The van der Waals surface area contributed by atoms with Crippen LogP contribution in [0.1, 0.15) is 38.4 Å². The molecule has 2 aromatic heterocycles. The average Bonchev–Trinajstić information content (AvgIpc) is 3.24. The van der Waals surface area contributed by atoms with E-state index < -0.39 is 5.21 Å². The van der Waals surface area contributed by atoms with E-state index in [0.29, 0.717) is 18.9 Å². The van der Waals surface area contributed by atoms with Crippen molar-refractivity contribution in [2.24, 2.45) is 11.8 Å². The molecule has 0 bridgehead atoms. The second-order valence-corrected chi connectivity index (χ2v) is 11.2. The molecule has 1 unspecified atom stereocenters. The van der Waals surface area contributed by atoms with Crippen LogP contribution in [0.25, 0.3) is 10.9 Å². The summed E-state index contributed by atoms with van der Waals surface area (Å²) in [5.74, 6) is -0.156. The van der Waals surface area contributed by atoms with Crippen molar-refractivity contribution in [3.8, 4) is 0 Å². The van der Waals surface area contributed by atoms with Crippen molar-refractivity contribution >= 4 is 44.1 Å². The largest absolute Gasteiger partial charge is 0.357 e. The van der Waals surface area contributed by atoms with Crippen molar-refractivity contribution in [1.82, 2.24) is 14.5 Å². The van der Waals surface area contributed by atoms with E-state index in [9.17, 15) is 14.4 Å². The predicted molar refractivity (Wildman–Crippen MR) is 157 cm³/mol. The minimum atomic E-state index is -0.404. The fourth-order valence-electron chi connectivity index (χ4n) is 4.30. The van der Waals surface area contributed by atoms with E-state index in [4.69, 9.17) is 0 Å². The van der Waals surface area contributed by atoms with E-state index in [2.05, 4.69) is 48.4 Å². The maximum atomic E-state index is 13.2. The quantitative estimate of drug-likeness (QED) is 0.332. The van der Waals surface area contributed by atoms with Crippen LogP contribution in [0.15, 0.2) is 59.5 Å². The number of amides is 2. The summed E-state index contributed by atoms with van der Waals surface area (Å²) in [6.07, 6.45) is 6.60. The summed E-state index contributed by atoms with van der Waals surface area (Å²) in [6.45, 7) is 6.63. The van der Waals surface area contributed by atoms with Crippen molar-refractivity contribution in [3.63, 3.8) is 0 Å². The third kappa shape index (κ3) is 7.06. The van der Waals surface area contributed by atoms with E-state index >= 15 is 0 Å². The molecule has 7 nitrogen and oxygen atoms in total. The minimum Gasteiger partial charge on any atom is -0.357 e. The first-order valence-electron chi connectivity index (χ1n) is 12.9. The normalized spacial score (nSPS) is 12.8. The minimum absolute atomic E-state index is 0.0937. The number of benzene rings is 1. The summed E-state index contributed by atoms with van der Waals surface area (Å²) in [6, 6.07) is 11.8. The van der Waals surface area contributed by atoms with Gasteiger partial charge in [0.1, 0.15) is 21.4 Å². The second-order valence-electron chi connectivity index (χ2n) is 11.2. The number of nitrogens with zero attached hydrogens (tertiary/aromatic N) is 2. The van der Waals surface area contributed by atoms with Crippen LogP contribution in [-0.4, -0.2) is 56.1 Å². The maximum Gasteiger partial charge on any atom is 0.274 e. The predicted octanol–water partition coefficient (Wildman–Crippen LogP) is 2.57. The Hall–Kier alpha value is -3.48. The van der Waals surface area contributed by atoms with E-state index in [0.717, 1.165) is 23.0 Å². The number of carbonyl (C=O) groups excluding carboxylic acids is 2. The molecule has 0 aliphatic heterocycles. The number of carbonyl (C=O) groups is 2. The fraction of sp³-hybridized carbons (Fsp3) is 0.393. The molecule has 2 N–H and O–H groups in total. The Balaban J connectivity index is 1.74. The Morgan fingerprint density at radius 3 is 2.57 bits per heavy atom. The summed E-state index contributed by atoms with van der Waals surface area (Å²) >= 11 is 0. The number of hydrogen-bond acceptors (Lipinski definition) is 3. The molecule has 1 aromatic carbocycles. The Morgan fingerprint density at radius 2 is 1.89 bits per heavy atom. The molecule has 3 rings (SSSR count). The van der Waals surface area contributed by atoms with E-state index in [1.807, 2.05) is 22.6 Å². The highest BCUT2D eigenvalue weighted by molar-refractivity contribution is 6.41. The number of likely N-dealkylation sites (N-methyl/N-ethyl adjacent to an activating group) is 1. The molecule has 0 fully saturated rings. The van der Waals surface area contributed by atoms with Crippen LogP contribution in [-0.2, 0) is 22.6 Å². The first-order valence-corrected chi connectivity index (χ1v) is 12.9. The van der Waals surface area contributed by atoms with Crippen LogP contribution in [0.5, 0.6) is 0 Å². The van der Waals surface area contributed by atoms with Gasteiger partial charge >= 0.3 is 0 Å². The Kier molecular flexibility index (Phi) is 8.89. The molecule has 3 aromatic rings. The zero-order valence-electron chi connectivity index (χ0n) is 23.1. The number of fused-ring (bicyclic) bond motifs is 1. The molecule has 194 valence electrons. The number of pyridine rings is 1. The van der Waals surface area contributed by atoms with Crippen LogP contribution >= 0.6 is 0 Å². The van der Waals surface area contributed by atoms with Gasteiger partial charge in [0.15, 0.2) is 0 Å². The van der Waals surface area contributed by atoms with Crippen LogP contribution < -0.4 is 10.9 Å². The van der Waals surface area contributed by atoms with Gasteiger partial charge in [0.05, 0.1) is 6.54 Å². The Labute approximate surface area is 221 Å². The molecular weight excluding hydrogens is 462 g/mol. The number of para-hydroxylation sites is 1. The van der Waals surface area contributed by atoms with Crippen molar-refractivity contribution in [3.05, 3.63) is 76.4 Å². The zero-order chi connectivity index (χ0) is 27.3. The van der Waals surface area contributed by atoms with Crippen molar-refractivity contribution in [1.29, 1.82) is 0 Å². The van der Waals surface area contributed by atoms with Gasteiger partial charge in [-0.25, -0.2) is 0 Å². The van der Waals surface area contributed by atoms with Gasteiger partial charge in [-0.2, -0.15) is 0 Å². The number of nitrogens with one attached hydrogen (secondary N) is 2. The second kappa shape index (κ2) is 11.7. The van der Waals surface area contributed by atoms with E-state index in [1.165, 1.54) is 16.5 Å². The average molecular weight is 500 g/mol. The van der Waals surface area contributed by atoms with Crippen molar-refractivity contribution < 1.29 is 9.59 Å². The lowest BCUT2D eigenvalue weighted by molar-refractivity contribution is -0.123. The fourth-order valence-corrected chi connectivity index (χ4v) is 4.30. The number of anilines is 1. The smallest absolute Gasteiger partial charge is 0.274 e. The van der Waals surface area contributed by atoms with Crippen LogP contribution in [0, 0.1) is 11.8 Å². The molecule has 0 spiro atoms. The van der Waals surface area contributed by atoms with Crippen molar-refractivity contribution in [2.75, 3.05) is 19.4 Å². The van der Waals surface area contributed by atoms with Crippen LogP contribution in [0.3, 0.4) is 0 Å². The lowest BCUT2D eigenvalue weighted by Gasteiger charge is -2.30. The first kappa shape index (κ1) is 28.1. The molecule has 9 heteroatoms. The highest BCUT2D eigenvalue weighted by Gasteiger charge is 2.30. The lowest BCUT2D eigenvalue weighted by atomic mass is 9.47. The summed E-state index contributed by atoms with van der Waals surface area (Å²) in [4.78, 5) is 43.1. The molecule has 2 amide bonds. The molecule has 0 saturated carbocycles. The maximum absolute atomic E-state index is 13.2. The molecule has 37 heavy (non-hydrogen) atoms. The van der Waals surface area contributed by atoms with Gasteiger partial charge in [-0.1, -0.05) is 50.3 Å². The van der Waals surface area contributed by atoms with Gasteiger partial charge in [-0.3, -0.25) is 14.4 Å². The number of allylic oxidation sites excluding steroid dienone is 1. The van der Waals surface area contributed by atoms with Gasteiger partial charge in [-0.15, -0.1) is 0 Å². The third-order valence-corrected chi connectivity index (χ3v) is 6.96. The Morgan fingerprint density at radius 1 is 1.16 bits per heavy atom. The van der Waals surface area contributed by atoms with E-state index in [-0.39, 0.29) is 29.0 Å². The number of hydrogen-bond donors (Lipinski definition) is 2. The van der Waals surface area contributed by atoms with Gasteiger partial charge in [-0.05, 0) is 54.0 Å². The molecule has 0 saturated heterocycles. The van der Waals surface area contributed by atoms with Crippen LogP contribution in [0.4, 0.5) is 5.69 Å². The summed E-state index contributed by atoms with van der Waals surface area (Å²) in [7, 11) is 7.36. The summed E-state index contributed by atoms with van der Waals surface area (Å²) in [5, 5.41) is 3.56.